The van der Waals surface area contributed by atoms with E-state index in [1.165, 1.54) is 0 Å². The molecule has 1 fully saturated rings. The Morgan fingerprint density at radius 3 is 2.60 bits per heavy atom. The Morgan fingerprint density at radius 1 is 0.960 bits per heavy atom. The molecule has 6 nitrogen and oxygen atoms in total. The minimum Gasteiger partial charge on any atom is -0.379 e. The Balaban J connectivity index is 1.46. The van der Waals surface area contributed by atoms with E-state index in [0.717, 1.165) is 61.9 Å². The van der Waals surface area contributed by atoms with E-state index < -0.39 is 0 Å². The highest BCUT2D eigenvalue weighted by Crippen LogP contribution is 2.23. The quantitative estimate of drug-likeness (QED) is 0.716. The number of nitrogens with zero attached hydrogens (tertiary/aromatic N) is 5. The van der Waals surface area contributed by atoms with Gasteiger partial charge in [0.25, 0.3) is 0 Å². The molecule has 0 unspecified atom stereocenters. The predicted molar refractivity (Wildman–Crippen MR) is 95.9 cm³/mol. The molecule has 3 heterocycles. The summed E-state index contributed by atoms with van der Waals surface area (Å²) in [5.41, 5.74) is 3.99. The molecule has 0 radical (unpaired) electrons. The molecule has 0 saturated carbocycles. The molecule has 0 aliphatic carbocycles. The van der Waals surface area contributed by atoms with Gasteiger partial charge in [-0.3, -0.25) is 19.5 Å². The highest BCUT2D eigenvalue weighted by atomic mass is 16.5. The first kappa shape index (κ1) is 15.9. The third-order valence-corrected chi connectivity index (χ3v) is 4.41. The fraction of sp³-hybridized carbons (Fsp3) is 0.316. The molecule has 0 amide bonds. The van der Waals surface area contributed by atoms with Gasteiger partial charge >= 0.3 is 0 Å². The lowest BCUT2D eigenvalue weighted by molar-refractivity contribution is 0.0360. The van der Waals surface area contributed by atoms with Crippen molar-refractivity contribution in [2.24, 2.45) is 0 Å². The van der Waals surface area contributed by atoms with Gasteiger partial charge in [-0.1, -0.05) is 18.2 Å². The fourth-order valence-electron chi connectivity index (χ4n) is 2.99. The summed E-state index contributed by atoms with van der Waals surface area (Å²) in [7, 11) is 0. The standard InChI is InChI=1S/C19H21N5O/c1-2-16(14-17(3-1)19-15-20-5-6-21-19)18-4-7-24(22-18)9-8-23-10-12-25-13-11-23/h1-7,14-15H,8-13H2. The summed E-state index contributed by atoms with van der Waals surface area (Å²) in [6.45, 7) is 5.58. The molecule has 3 aromatic rings. The second kappa shape index (κ2) is 7.55. The van der Waals surface area contributed by atoms with Gasteiger partial charge in [0.05, 0.1) is 37.3 Å². The first-order valence-corrected chi connectivity index (χ1v) is 8.59. The van der Waals surface area contributed by atoms with Crippen LogP contribution in [0.2, 0.25) is 0 Å². The van der Waals surface area contributed by atoms with Crippen LogP contribution in [0.1, 0.15) is 0 Å². The lowest BCUT2D eigenvalue weighted by Crippen LogP contribution is -2.38. The zero-order valence-corrected chi connectivity index (χ0v) is 14.1. The van der Waals surface area contributed by atoms with Gasteiger partial charge in [0, 0.05) is 49.4 Å². The SMILES string of the molecule is c1cc(-c2cnccn2)cc(-c2ccn(CCN3CCOCC3)n2)c1. The van der Waals surface area contributed by atoms with Gasteiger partial charge in [-0.25, -0.2) is 0 Å². The summed E-state index contributed by atoms with van der Waals surface area (Å²) in [6, 6.07) is 10.3. The first-order valence-electron chi connectivity index (χ1n) is 8.59. The van der Waals surface area contributed by atoms with E-state index in [-0.39, 0.29) is 0 Å². The molecule has 1 saturated heterocycles. The van der Waals surface area contributed by atoms with Crippen molar-refractivity contribution in [2.75, 3.05) is 32.8 Å². The van der Waals surface area contributed by atoms with E-state index in [9.17, 15) is 0 Å². The first-order chi connectivity index (χ1) is 12.4. The van der Waals surface area contributed by atoms with Crippen molar-refractivity contribution in [3.8, 4) is 22.5 Å². The topological polar surface area (TPSA) is 56.1 Å². The van der Waals surface area contributed by atoms with Crippen molar-refractivity contribution in [3.05, 3.63) is 55.1 Å². The van der Waals surface area contributed by atoms with Gasteiger partial charge in [0.2, 0.25) is 0 Å². The minimum atomic E-state index is 0.833. The van der Waals surface area contributed by atoms with Crippen LogP contribution in [0.25, 0.3) is 22.5 Å². The molecule has 25 heavy (non-hydrogen) atoms. The molecule has 2 aromatic heterocycles. The van der Waals surface area contributed by atoms with Gasteiger partial charge in [0.1, 0.15) is 0 Å². The third kappa shape index (κ3) is 3.92. The molecule has 0 spiro atoms. The van der Waals surface area contributed by atoms with Gasteiger partial charge < -0.3 is 4.74 Å². The Labute approximate surface area is 147 Å². The molecule has 0 atom stereocenters. The summed E-state index contributed by atoms with van der Waals surface area (Å²) in [5.74, 6) is 0. The highest BCUT2D eigenvalue weighted by Gasteiger charge is 2.10. The number of morpholine rings is 1. The minimum absolute atomic E-state index is 0.833. The third-order valence-electron chi connectivity index (χ3n) is 4.41. The number of hydrogen-bond donors (Lipinski definition) is 0. The van der Waals surface area contributed by atoms with E-state index >= 15 is 0 Å². The number of benzene rings is 1. The Bertz CT molecular complexity index is 811. The molecule has 128 valence electrons. The van der Waals surface area contributed by atoms with Crippen LogP contribution < -0.4 is 0 Å². The van der Waals surface area contributed by atoms with Crippen LogP contribution in [0, 0.1) is 0 Å². The zero-order chi connectivity index (χ0) is 16.9. The molecule has 0 N–H and O–H groups in total. The van der Waals surface area contributed by atoms with Gasteiger partial charge in [0.15, 0.2) is 0 Å². The summed E-state index contributed by atoms with van der Waals surface area (Å²) in [6.07, 6.45) is 7.22. The molecular weight excluding hydrogens is 314 g/mol. The van der Waals surface area contributed by atoms with Crippen LogP contribution in [-0.4, -0.2) is 57.5 Å². The van der Waals surface area contributed by atoms with E-state index in [0.29, 0.717) is 0 Å². The van der Waals surface area contributed by atoms with Crippen LogP contribution >= 0.6 is 0 Å². The van der Waals surface area contributed by atoms with Crippen LogP contribution in [0.3, 0.4) is 0 Å². The molecular formula is C19H21N5O. The maximum Gasteiger partial charge on any atom is 0.0923 e. The summed E-state index contributed by atoms with van der Waals surface area (Å²) < 4.78 is 7.40. The van der Waals surface area contributed by atoms with E-state index in [1.54, 1.807) is 18.6 Å². The molecule has 6 heteroatoms. The number of aromatic nitrogens is 4. The van der Waals surface area contributed by atoms with Crippen LogP contribution in [0.5, 0.6) is 0 Å². The Kier molecular flexibility index (Phi) is 4.81. The van der Waals surface area contributed by atoms with Crippen molar-refractivity contribution in [1.82, 2.24) is 24.6 Å². The molecule has 1 aliphatic heterocycles. The summed E-state index contributed by atoms with van der Waals surface area (Å²) >= 11 is 0. The normalized spacial score (nSPS) is 15.4. The number of ether oxygens (including phenoxy) is 1. The van der Waals surface area contributed by atoms with Crippen molar-refractivity contribution < 1.29 is 4.74 Å². The second-order valence-electron chi connectivity index (χ2n) is 6.09. The Hall–Kier alpha value is -2.57. The maximum atomic E-state index is 5.39. The van der Waals surface area contributed by atoms with Crippen molar-refractivity contribution in [1.29, 1.82) is 0 Å². The molecule has 1 aliphatic rings. The largest absolute Gasteiger partial charge is 0.379 e. The second-order valence-corrected chi connectivity index (χ2v) is 6.09. The smallest absolute Gasteiger partial charge is 0.0923 e. The fourth-order valence-corrected chi connectivity index (χ4v) is 2.99. The van der Waals surface area contributed by atoms with E-state index in [1.807, 2.05) is 23.0 Å². The van der Waals surface area contributed by atoms with Gasteiger partial charge in [-0.15, -0.1) is 0 Å². The zero-order valence-electron chi connectivity index (χ0n) is 14.1. The van der Waals surface area contributed by atoms with Crippen molar-refractivity contribution in [2.45, 2.75) is 6.54 Å². The summed E-state index contributed by atoms with van der Waals surface area (Å²) in [5, 5.41) is 4.72. The predicted octanol–water partition coefficient (Wildman–Crippen LogP) is 2.34. The van der Waals surface area contributed by atoms with Gasteiger partial charge in [-0.05, 0) is 12.1 Å². The number of rotatable bonds is 5. The Morgan fingerprint density at radius 2 is 1.80 bits per heavy atom. The molecule has 4 rings (SSSR count). The van der Waals surface area contributed by atoms with Crippen LogP contribution in [-0.2, 0) is 11.3 Å². The number of hydrogen-bond acceptors (Lipinski definition) is 5. The van der Waals surface area contributed by atoms with Crippen LogP contribution in [0.15, 0.2) is 55.1 Å². The lowest BCUT2D eigenvalue weighted by Gasteiger charge is -2.26. The monoisotopic (exact) mass is 335 g/mol. The average Bonchev–Trinajstić information content (AvgIpc) is 3.17. The van der Waals surface area contributed by atoms with Crippen molar-refractivity contribution in [3.63, 3.8) is 0 Å². The lowest BCUT2D eigenvalue weighted by atomic mass is 10.1. The highest BCUT2D eigenvalue weighted by molar-refractivity contribution is 5.68. The average molecular weight is 335 g/mol. The van der Waals surface area contributed by atoms with E-state index in [4.69, 9.17) is 9.84 Å². The van der Waals surface area contributed by atoms with E-state index in [2.05, 4.69) is 33.1 Å². The van der Waals surface area contributed by atoms with Crippen LogP contribution in [0.4, 0.5) is 0 Å². The molecule has 1 aromatic carbocycles. The molecule has 0 bridgehead atoms. The maximum absolute atomic E-state index is 5.39. The summed E-state index contributed by atoms with van der Waals surface area (Å²) in [4.78, 5) is 10.9. The van der Waals surface area contributed by atoms with Crippen molar-refractivity contribution >= 4 is 0 Å². The van der Waals surface area contributed by atoms with Gasteiger partial charge in [-0.2, -0.15) is 5.10 Å².